The number of hydrogen-bond acceptors (Lipinski definition) is 4. The second kappa shape index (κ2) is 6.05. The number of carbonyl (C=O) groups is 1. The largest absolute Gasteiger partial charge is 0.366 e. The Bertz CT molecular complexity index is 593. The highest BCUT2D eigenvalue weighted by atomic mass is 16.1. The van der Waals surface area contributed by atoms with Crippen LogP contribution >= 0.6 is 0 Å². The van der Waals surface area contributed by atoms with E-state index >= 15 is 0 Å². The number of piperidine rings is 1. The molecule has 1 aromatic heterocycles. The predicted molar refractivity (Wildman–Crippen MR) is 78.3 cm³/mol. The molecule has 2 aromatic rings. The number of nitrogens with zero attached hydrogens (tertiary/aromatic N) is 3. The lowest BCUT2D eigenvalue weighted by atomic mass is 10.0. The standard InChI is InChI=1S/C15H19N5O/c16-14(21)12-6-4-11(5-7-12)9-20-8-2-1-3-13(20)15-17-10-18-19-15/h4-7,10,13H,1-3,8-9H2,(H2,16,21)(H,17,18,19)/t13-/m1/s1. The van der Waals surface area contributed by atoms with Gasteiger partial charge in [0.05, 0.1) is 6.04 Å². The van der Waals surface area contributed by atoms with E-state index in [0.717, 1.165) is 25.3 Å². The molecule has 1 aromatic carbocycles. The Kier molecular flexibility index (Phi) is 3.96. The summed E-state index contributed by atoms with van der Waals surface area (Å²) in [7, 11) is 0. The van der Waals surface area contributed by atoms with Gasteiger partial charge < -0.3 is 5.73 Å². The molecule has 1 saturated heterocycles. The number of nitrogens with one attached hydrogen (secondary N) is 1. The number of nitrogens with two attached hydrogens (primary N) is 1. The third-order valence-corrected chi connectivity index (χ3v) is 3.99. The number of primary amides is 1. The first-order valence-corrected chi connectivity index (χ1v) is 7.22. The van der Waals surface area contributed by atoms with Crippen LogP contribution in [0, 0.1) is 0 Å². The molecule has 3 N–H and O–H groups in total. The van der Waals surface area contributed by atoms with Gasteiger partial charge in [0.25, 0.3) is 0 Å². The zero-order valence-electron chi connectivity index (χ0n) is 11.8. The molecule has 3 rings (SSSR count). The van der Waals surface area contributed by atoms with Gasteiger partial charge in [0, 0.05) is 12.1 Å². The normalized spacial score (nSPS) is 19.5. The Hall–Kier alpha value is -2.21. The van der Waals surface area contributed by atoms with Crippen LogP contribution in [0.5, 0.6) is 0 Å². The van der Waals surface area contributed by atoms with Crippen LogP contribution in [0.1, 0.15) is 47.1 Å². The van der Waals surface area contributed by atoms with E-state index in [2.05, 4.69) is 20.1 Å². The van der Waals surface area contributed by atoms with Crippen LogP contribution in [0.25, 0.3) is 0 Å². The van der Waals surface area contributed by atoms with Crippen LogP contribution in [0.4, 0.5) is 0 Å². The Morgan fingerprint density at radius 3 is 2.81 bits per heavy atom. The van der Waals surface area contributed by atoms with Crippen molar-refractivity contribution in [3.05, 3.63) is 47.5 Å². The molecule has 2 heterocycles. The molecule has 1 atom stereocenters. The van der Waals surface area contributed by atoms with Gasteiger partial charge in [0.2, 0.25) is 5.91 Å². The van der Waals surface area contributed by atoms with Gasteiger partial charge >= 0.3 is 0 Å². The maximum Gasteiger partial charge on any atom is 0.248 e. The topological polar surface area (TPSA) is 87.9 Å². The van der Waals surface area contributed by atoms with Gasteiger partial charge in [-0.05, 0) is 37.1 Å². The van der Waals surface area contributed by atoms with Crippen LogP contribution in [0.2, 0.25) is 0 Å². The van der Waals surface area contributed by atoms with Crippen molar-refractivity contribution in [1.82, 2.24) is 20.1 Å². The summed E-state index contributed by atoms with van der Waals surface area (Å²) >= 11 is 0. The fraction of sp³-hybridized carbons (Fsp3) is 0.400. The summed E-state index contributed by atoms with van der Waals surface area (Å²) in [6.07, 6.45) is 5.06. The van der Waals surface area contributed by atoms with Crippen LogP contribution in [0.3, 0.4) is 0 Å². The van der Waals surface area contributed by atoms with E-state index in [1.165, 1.54) is 18.4 Å². The highest BCUT2D eigenvalue weighted by Gasteiger charge is 2.25. The maximum absolute atomic E-state index is 11.1. The van der Waals surface area contributed by atoms with Gasteiger partial charge in [-0.25, -0.2) is 4.98 Å². The van der Waals surface area contributed by atoms with E-state index in [9.17, 15) is 4.79 Å². The number of carbonyl (C=O) groups excluding carboxylic acids is 1. The Morgan fingerprint density at radius 1 is 1.33 bits per heavy atom. The molecule has 0 spiro atoms. The van der Waals surface area contributed by atoms with E-state index < -0.39 is 0 Å². The lowest BCUT2D eigenvalue weighted by Gasteiger charge is -2.34. The fourth-order valence-corrected chi connectivity index (χ4v) is 2.87. The van der Waals surface area contributed by atoms with Gasteiger partial charge in [-0.1, -0.05) is 18.6 Å². The van der Waals surface area contributed by atoms with Crippen molar-refractivity contribution >= 4 is 5.91 Å². The van der Waals surface area contributed by atoms with Gasteiger partial charge in [-0.15, -0.1) is 0 Å². The van der Waals surface area contributed by atoms with Crippen molar-refractivity contribution in [3.8, 4) is 0 Å². The smallest absolute Gasteiger partial charge is 0.248 e. The first-order valence-electron chi connectivity index (χ1n) is 7.22. The average molecular weight is 285 g/mol. The van der Waals surface area contributed by atoms with Crippen molar-refractivity contribution in [2.75, 3.05) is 6.54 Å². The van der Waals surface area contributed by atoms with Crippen molar-refractivity contribution in [2.45, 2.75) is 31.8 Å². The summed E-state index contributed by atoms with van der Waals surface area (Å²) < 4.78 is 0. The second-order valence-electron chi connectivity index (χ2n) is 5.41. The van der Waals surface area contributed by atoms with Crippen LogP contribution in [0.15, 0.2) is 30.6 Å². The predicted octanol–water partition coefficient (Wildman–Crippen LogP) is 1.63. The number of H-pyrrole nitrogens is 1. The van der Waals surface area contributed by atoms with Crippen molar-refractivity contribution < 1.29 is 4.79 Å². The Labute approximate surface area is 123 Å². The molecule has 1 aliphatic heterocycles. The number of benzene rings is 1. The molecule has 6 heteroatoms. The van der Waals surface area contributed by atoms with E-state index in [0.29, 0.717) is 5.56 Å². The molecule has 1 amide bonds. The van der Waals surface area contributed by atoms with Crippen molar-refractivity contribution in [2.24, 2.45) is 5.73 Å². The van der Waals surface area contributed by atoms with Gasteiger partial charge in [-0.2, -0.15) is 5.10 Å². The molecule has 0 unspecified atom stereocenters. The minimum Gasteiger partial charge on any atom is -0.366 e. The van der Waals surface area contributed by atoms with E-state index in [4.69, 9.17) is 5.73 Å². The monoisotopic (exact) mass is 285 g/mol. The molecule has 0 radical (unpaired) electrons. The highest BCUT2D eigenvalue weighted by Crippen LogP contribution is 2.29. The summed E-state index contributed by atoms with van der Waals surface area (Å²) in [5, 5.41) is 6.94. The molecular formula is C15H19N5O. The zero-order chi connectivity index (χ0) is 14.7. The summed E-state index contributed by atoms with van der Waals surface area (Å²) in [5.74, 6) is 0.544. The third-order valence-electron chi connectivity index (χ3n) is 3.99. The van der Waals surface area contributed by atoms with Gasteiger partial charge in [0.1, 0.15) is 12.2 Å². The fourth-order valence-electron chi connectivity index (χ4n) is 2.87. The summed E-state index contributed by atoms with van der Waals surface area (Å²) in [6, 6.07) is 7.78. The quantitative estimate of drug-likeness (QED) is 0.893. The number of aromatic nitrogens is 3. The SMILES string of the molecule is NC(=O)c1ccc(CN2CCCC[C@@H]2c2ncn[nH]2)cc1. The Morgan fingerprint density at radius 2 is 2.14 bits per heavy atom. The first kappa shape index (κ1) is 13.8. The van der Waals surface area contributed by atoms with Crippen LogP contribution < -0.4 is 5.73 Å². The first-order chi connectivity index (χ1) is 10.2. The molecular weight excluding hydrogens is 266 g/mol. The molecule has 0 bridgehead atoms. The lowest BCUT2D eigenvalue weighted by molar-refractivity contribution is 0.1000. The van der Waals surface area contributed by atoms with Crippen molar-refractivity contribution in [1.29, 1.82) is 0 Å². The molecule has 1 aliphatic rings. The van der Waals surface area contributed by atoms with Crippen molar-refractivity contribution in [3.63, 3.8) is 0 Å². The summed E-state index contributed by atoms with van der Waals surface area (Å²) in [4.78, 5) is 17.8. The lowest BCUT2D eigenvalue weighted by Crippen LogP contribution is -2.33. The number of aromatic amines is 1. The Balaban J connectivity index is 1.74. The third kappa shape index (κ3) is 3.11. The van der Waals surface area contributed by atoms with Gasteiger partial charge in [0.15, 0.2) is 0 Å². The average Bonchev–Trinajstić information content (AvgIpc) is 3.02. The minimum atomic E-state index is -0.390. The van der Waals surface area contributed by atoms with E-state index in [1.54, 1.807) is 18.5 Å². The number of rotatable bonds is 4. The minimum absolute atomic E-state index is 0.289. The molecule has 1 fully saturated rings. The second-order valence-corrected chi connectivity index (χ2v) is 5.41. The number of likely N-dealkylation sites (tertiary alicyclic amines) is 1. The highest BCUT2D eigenvalue weighted by molar-refractivity contribution is 5.92. The molecule has 6 nitrogen and oxygen atoms in total. The molecule has 0 aliphatic carbocycles. The summed E-state index contributed by atoms with van der Waals surface area (Å²) in [6.45, 7) is 1.88. The number of hydrogen-bond donors (Lipinski definition) is 2. The van der Waals surface area contributed by atoms with Crippen LogP contribution in [-0.4, -0.2) is 32.5 Å². The van der Waals surface area contributed by atoms with Crippen LogP contribution in [-0.2, 0) is 6.54 Å². The number of amides is 1. The maximum atomic E-state index is 11.1. The summed E-state index contributed by atoms with van der Waals surface area (Å²) in [5.41, 5.74) is 6.98. The molecule has 110 valence electrons. The van der Waals surface area contributed by atoms with E-state index in [-0.39, 0.29) is 11.9 Å². The molecule has 0 saturated carbocycles. The van der Waals surface area contributed by atoms with E-state index in [1.807, 2.05) is 12.1 Å². The van der Waals surface area contributed by atoms with Gasteiger partial charge in [-0.3, -0.25) is 14.8 Å². The zero-order valence-corrected chi connectivity index (χ0v) is 11.8. The molecule has 21 heavy (non-hydrogen) atoms.